The molecule has 0 aliphatic carbocycles. The van der Waals surface area contributed by atoms with Crippen molar-refractivity contribution in [3.05, 3.63) is 69.0 Å². The summed E-state index contributed by atoms with van der Waals surface area (Å²) in [5, 5.41) is 18.6. The Balaban J connectivity index is 1.91. The van der Waals surface area contributed by atoms with Crippen molar-refractivity contribution in [1.82, 2.24) is 9.55 Å². The zero-order valence-electron chi connectivity index (χ0n) is 12.9. The molecule has 0 spiro atoms. The van der Waals surface area contributed by atoms with E-state index in [1.807, 2.05) is 0 Å². The number of hydrogen-bond donors (Lipinski definition) is 3. The van der Waals surface area contributed by atoms with Crippen LogP contribution in [0.2, 0.25) is 0 Å². The first-order valence-electron chi connectivity index (χ1n) is 7.53. The monoisotopic (exact) mass is 364 g/mol. The molecule has 25 heavy (non-hydrogen) atoms. The maximum absolute atomic E-state index is 12.4. The third kappa shape index (κ3) is 3.59. The van der Waals surface area contributed by atoms with Crippen LogP contribution in [0.25, 0.3) is 0 Å². The zero-order valence-corrected chi connectivity index (χ0v) is 13.8. The number of carbonyl (C=O) groups is 1. The topological polar surface area (TPSA) is 122 Å². The molecule has 1 saturated heterocycles. The van der Waals surface area contributed by atoms with Crippen molar-refractivity contribution in [3.8, 4) is 0 Å². The lowest BCUT2D eigenvalue weighted by molar-refractivity contribution is -0.0457. The van der Waals surface area contributed by atoms with E-state index in [-0.39, 0.29) is 5.12 Å². The molecule has 0 radical (unpaired) electrons. The average Bonchev–Trinajstić information content (AvgIpc) is 2.92. The molecule has 2 heterocycles. The third-order valence-electron chi connectivity index (χ3n) is 3.87. The van der Waals surface area contributed by atoms with E-state index in [9.17, 15) is 24.6 Å². The Morgan fingerprint density at radius 1 is 1.24 bits per heavy atom. The standard InChI is InChI=1S/C16H16N2O6S/c19-8-10-12(21)13(25-15(22)9-4-2-1-3-5-9)14(24-10)18-7-6-11(20)17-16(18)23/h1-7,10,12-14,19,21H,8H2,(H,17,20,23)/t10-,12-,13-,14-/m1/s1. The van der Waals surface area contributed by atoms with E-state index in [2.05, 4.69) is 4.98 Å². The molecule has 2 aromatic rings. The number of aliphatic hydroxyl groups excluding tert-OH is 2. The highest BCUT2D eigenvalue weighted by Crippen LogP contribution is 2.38. The lowest BCUT2D eigenvalue weighted by Gasteiger charge is -2.20. The van der Waals surface area contributed by atoms with Gasteiger partial charge in [-0.2, -0.15) is 0 Å². The third-order valence-corrected chi connectivity index (χ3v) is 5.10. The highest BCUT2D eigenvalue weighted by Gasteiger charge is 2.46. The molecule has 1 aliphatic heterocycles. The molecular formula is C16H16N2O6S. The van der Waals surface area contributed by atoms with Gasteiger partial charge >= 0.3 is 5.69 Å². The number of carbonyl (C=O) groups excluding carboxylic acids is 1. The van der Waals surface area contributed by atoms with E-state index in [0.717, 1.165) is 22.4 Å². The smallest absolute Gasteiger partial charge is 0.330 e. The fourth-order valence-electron chi connectivity index (χ4n) is 2.61. The minimum absolute atomic E-state index is 0.297. The molecule has 0 unspecified atom stereocenters. The summed E-state index contributed by atoms with van der Waals surface area (Å²) in [6.45, 7) is -0.466. The molecule has 3 rings (SSSR count). The summed E-state index contributed by atoms with van der Waals surface area (Å²) in [4.78, 5) is 37.8. The van der Waals surface area contributed by atoms with E-state index >= 15 is 0 Å². The van der Waals surface area contributed by atoms with Crippen molar-refractivity contribution in [2.75, 3.05) is 6.61 Å². The van der Waals surface area contributed by atoms with Gasteiger partial charge in [0.05, 0.1) is 18.0 Å². The molecule has 1 aromatic carbocycles. The molecule has 1 aliphatic rings. The molecule has 0 saturated carbocycles. The number of thioether (sulfide) groups is 1. The zero-order chi connectivity index (χ0) is 18.0. The number of nitrogens with zero attached hydrogens (tertiary/aromatic N) is 1. The Morgan fingerprint density at radius 2 is 1.96 bits per heavy atom. The van der Waals surface area contributed by atoms with Crippen LogP contribution in [0.3, 0.4) is 0 Å². The molecule has 3 N–H and O–H groups in total. The van der Waals surface area contributed by atoms with E-state index in [1.54, 1.807) is 30.3 Å². The summed E-state index contributed by atoms with van der Waals surface area (Å²) in [5.74, 6) is 0. The van der Waals surface area contributed by atoms with Crippen molar-refractivity contribution in [3.63, 3.8) is 0 Å². The van der Waals surface area contributed by atoms with Crippen molar-refractivity contribution < 1.29 is 19.7 Å². The van der Waals surface area contributed by atoms with Crippen molar-refractivity contribution >= 4 is 16.9 Å². The summed E-state index contributed by atoms with van der Waals surface area (Å²) in [6.07, 6.45) is -1.87. The van der Waals surface area contributed by atoms with Gasteiger partial charge in [-0.05, 0) is 0 Å². The molecule has 1 fully saturated rings. The van der Waals surface area contributed by atoms with Crippen LogP contribution in [0.5, 0.6) is 0 Å². The first-order valence-corrected chi connectivity index (χ1v) is 8.41. The van der Waals surface area contributed by atoms with Crippen LogP contribution in [0.15, 0.2) is 52.2 Å². The van der Waals surface area contributed by atoms with Crippen LogP contribution in [-0.4, -0.2) is 48.9 Å². The molecule has 1 aromatic heterocycles. The van der Waals surface area contributed by atoms with Gasteiger partial charge < -0.3 is 14.9 Å². The van der Waals surface area contributed by atoms with Gasteiger partial charge in [-0.15, -0.1) is 0 Å². The van der Waals surface area contributed by atoms with Crippen LogP contribution in [0, 0.1) is 0 Å². The minimum atomic E-state index is -1.16. The average molecular weight is 364 g/mol. The molecule has 0 amide bonds. The molecular weight excluding hydrogens is 348 g/mol. The van der Waals surface area contributed by atoms with Gasteiger partial charge in [-0.1, -0.05) is 42.1 Å². The van der Waals surface area contributed by atoms with Crippen LogP contribution < -0.4 is 11.2 Å². The highest BCUT2D eigenvalue weighted by atomic mass is 32.2. The van der Waals surface area contributed by atoms with E-state index in [0.29, 0.717) is 5.56 Å². The quantitative estimate of drug-likeness (QED) is 0.683. The molecule has 9 heteroatoms. The van der Waals surface area contributed by atoms with Crippen LogP contribution in [0.4, 0.5) is 0 Å². The van der Waals surface area contributed by atoms with Gasteiger partial charge in [0.15, 0.2) is 6.23 Å². The summed E-state index contributed by atoms with van der Waals surface area (Å²) >= 11 is 0.827. The highest BCUT2D eigenvalue weighted by molar-refractivity contribution is 8.14. The minimum Gasteiger partial charge on any atom is -0.394 e. The predicted octanol–water partition coefficient (Wildman–Crippen LogP) is -0.271. The van der Waals surface area contributed by atoms with Crippen molar-refractivity contribution in [1.29, 1.82) is 0 Å². The van der Waals surface area contributed by atoms with Crippen molar-refractivity contribution in [2.24, 2.45) is 0 Å². The van der Waals surface area contributed by atoms with Crippen LogP contribution in [-0.2, 0) is 4.74 Å². The maximum Gasteiger partial charge on any atom is 0.330 e. The predicted molar refractivity (Wildman–Crippen MR) is 90.5 cm³/mol. The van der Waals surface area contributed by atoms with Gasteiger partial charge in [-0.25, -0.2) is 4.79 Å². The fourth-order valence-corrected chi connectivity index (χ4v) is 3.76. The number of aromatic nitrogens is 2. The van der Waals surface area contributed by atoms with Crippen LogP contribution in [0.1, 0.15) is 16.6 Å². The number of ether oxygens (including phenoxy) is 1. The summed E-state index contributed by atoms with van der Waals surface area (Å²) in [5.41, 5.74) is -0.844. The van der Waals surface area contributed by atoms with E-state index < -0.39 is 41.5 Å². The second-order valence-electron chi connectivity index (χ2n) is 5.49. The van der Waals surface area contributed by atoms with Crippen LogP contribution >= 0.6 is 11.8 Å². The number of aromatic amines is 1. The summed E-state index contributed by atoms with van der Waals surface area (Å²) in [7, 11) is 0. The van der Waals surface area contributed by atoms with E-state index in [1.165, 1.54) is 6.20 Å². The molecule has 8 nitrogen and oxygen atoms in total. The van der Waals surface area contributed by atoms with Crippen molar-refractivity contribution in [2.45, 2.75) is 23.7 Å². The SMILES string of the molecule is O=C(S[C@@H]1[C@H](O)[C@@H](CO)O[C@H]1n1ccc(=O)[nH]c1=O)c1ccccc1. The molecule has 0 bridgehead atoms. The summed E-state index contributed by atoms with van der Waals surface area (Å²) < 4.78 is 6.64. The van der Waals surface area contributed by atoms with E-state index in [4.69, 9.17) is 4.74 Å². The number of benzene rings is 1. The lowest BCUT2D eigenvalue weighted by Crippen LogP contribution is -2.36. The van der Waals surface area contributed by atoms with Gasteiger partial charge in [-0.3, -0.25) is 19.1 Å². The number of hydrogen-bond acceptors (Lipinski definition) is 7. The molecule has 4 atom stereocenters. The number of H-pyrrole nitrogens is 1. The second kappa shape index (κ2) is 7.36. The first-order chi connectivity index (χ1) is 12.0. The lowest BCUT2D eigenvalue weighted by atomic mass is 10.2. The van der Waals surface area contributed by atoms with Gasteiger partial charge in [0.25, 0.3) is 5.56 Å². The largest absolute Gasteiger partial charge is 0.394 e. The Morgan fingerprint density at radius 3 is 2.60 bits per heavy atom. The van der Waals surface area contributed by atoms with Gasteiger partial charge in [0.2, 0.25) is 5.12 Å². The first kappa shape index (κ1) is 17.6. The Kier molecular flexibility index (Phi) is 5.19. The number of rotatable bonds is 4. The van der Waals surface area contributed by atoms with Gasteiger partial charge in [0, 0.05) is 17.8 Å². The number of nitrogens with one attached hydrogen (secondary N) is 1. The second-order valence-corrected chi connectivity index (χ2v) is 6.64. The molecule has 132 valence electrons. The fraction of sp³-hybridized carbons (Fsp3) is 0.312. The Hall–Kier alpha value is -2.20. The Bertz CT molecular complexity index is 865. The maximum atomic E-state index is 12.4. The summed E-state index contributed by atoms with van der Waals surface area (Å²) in [6, 6.07) is 9.64. The number of aliphatic hydroxyl groups is 2. The van der Waals surface area contributed by atoms with Gasteiger partial charge in [0.1, 0.15) is 6.10 Å². The normalized spacial score (nSPS) is 25.8. The Labute approximate surface area is 146 Å².